The Morgan fingerprint density at radius 1 is 1.10 bits per heavy atom. The number of rotatable bonds is 4. The number of aryl methyl sites for hydroxylation is 2. The van der Waals surface area contributed by atoms with E-state index in [9.17, 15) is 20.0 Å². The van der Waals surface area contributed by atoms with E-state index in [0.717, 1.165) is 15.8 Å². The first kappa shape index (κ1) is 21.3. The summed E-state index contributed by atoms with van der Waals surface area (Å²) in [4.78, 5) is 24.8. The van der Waals surface area contributed by atoms with Crippen LogP contribution >= 0.6 is 23.2 Å². The molecule has 2 aromatic carbocycles. The highest BCUT2D eigenvalue weighted by atomic mass is 35.5. The molecule has 0 amide bonds. The van der Waals surface area contributed by atoms with Gasteiger partial charge in [0.25, 0.3) is 5.56 Å². The van der Waals surface area contributed by atoms with Gasteiger partial charge in [-0.15, -0.1) is 0 Å². The van der Waals surface area contributed by atoms with Gasteiger partial charge in [-0.3, -0.25) is 4.79 Å². The van der Waals surface area contributed by atoms with Gasteiger partial charge in [-0.1, -0.05) is 47.5 Å². The average molecular weight is 440 g/mol. The number of nitrogens with zero attached hydrogens (tertiary/aromatic N) is 3. The van der Waals surface area contributed by atoms with Gasteiger partial charge in [-0.25, -0.2) is 4.79 Å². The molecule has 0 aliphatic rings. The molecule has 3 rings (SSSR count). The molecular weight excluding hydrogens is 425 g/mol. The van der Waals surface area contributed by atoms with Crippen molar-refractivity contribution in [3.8, 4) is 11.8 Å². The van der Waals surface area contributed by atoms with Gasteiger partial charge < -0.3 is 5.11 Å². The number of carboxylic acids is 1. The van der Waals surface area contributed by atoms with Crippen LogP contribution in [0.3, 0.4) is 0 Å². The highest BCUT2D eigenvalue weighted by Gasteiger charge is 2.21. The van der Waals surface area contributed by atoms with Crippen molar-refractivity contribution in [2.24, 2.45) is 0 Å². The topological polar surface area (TPSA) is 96.0 Å². The van der Waals surface area contributed by atoms with Gasteiger partial charge in [0, 0.05) is 5.56 Å². The number of carboxylic acid groups (broad SMARTS) is 1. The lowest BCUT2D eigenvalue weighted by molar-refractivity contribution is 0.0688. The number of hydrogen-bond donors (Lipinski definition) is 1. The molecular formula is C22H15Cl2N3O3. The molecule has 30 heavy (non-hydrogen) atoms. The number of nitriles is 1. The number of carbonyl (C=O) groups is 1. The first-order valence-electron chi connectivity index (χ1n) is 8.74. The molecule has 0 unspecified atom stereocenters. The van der Waals surface area contributed by atoms with Gasteiger partial charge in [0.05, 0.1) is 15.7 Å². The Labute approximate surface area is 182 Å². The van der Waals surface area contributed by atoms with Crippen molar-refractivity contribution in [1.82, 2.24) is 9.78 Å². The lowest BCUT2D eigenvalue weighted by Crippen LogP contribution is -2.28. The molecule has 1 aromatic heterocycles. The summed E-state index contributed by atoms with van der Waals surface area (Å²) in [7, 11) is 0. The van der Waals surface area contributed by atoms with Crippen molar-refractivity contribution in [2.75, 3.05) is 0 Å². The van der Waals surface area contributed by atoms with Crippen molar-refractivity contribution in [3.05, 3.63) is 90.3 Å². The van der Waals surface area contributed by atoms with Crippen LogP contribution in [0.1, 0.15) is 38.3 Å². The summed E-state index contributed by atoms with van der Waals surface area (Å²) in [6.45, 7) is 3.77. The second-order valence-electron chi connectivity index (χ2n) is 6.55. The number of aromatic nitrogens is 2. The molecule has 3 aromatic rings. The fourth-order valence-corrected chi connectivity index (χ4v) is 3.10. The van der Waals surface area contributed by atoms with Crippen LogP contribution in [0, 0.1) is 25.2 Å². The standard InChI is InChI=1S/C22H15Cl2N3O3/c1-12-3-6-15(9-13(12)2)27-21(28)17(11-25)16(20(26-27)22(29)30)7-4-14-5-8-18(23)19(24)10-14/h3-10H,1-2H3,(H,29,30). The van der Waals surface area contributed by atoms with Gasteiger partial charge in [0.1, 0.15) is 11.6 Å². The zero-order valence-electron chi connectivity index (χ0n) is 16.0. The summed E-state index contributed by atoms with van der Waals surface area (Å²) in [6.07, 6.45) is 2.90. The molecule has 0 fully saturated rings. The molecule has 6 nitrogen and oxygen atoms in total. The molecule has 0 bridgehead atoms. The summed E-state index contributed by atoms with van der Waals surface area (Å²) < 4.78 is 0.935. The van der Waals surface area contributed by atoms with Crippen molar-refractivity contribution < 1.29 is 9.90 Å². The molecule has 0 atom stereocenters. The van der Waals surface area contributed by atoms with Crippen LogP contribution in [0.5, 0.6) is 0 Å². The summed E-state index contributed by atoms with van der Waals surface area (Å²) in [6, 6.07) is 11.8. The largest absolute Gasteiger partial charge is 0.476 e. The van der Waals surface area contributed by atoms with E-state index >= 15 is 0 Å². The average Bonchev–Trinajstić information content (AvgIpc) is 2.70. The minimum absolute atomic E-state index is 0.0823. The fourth-order valence-electron chi connectivity index (χ4n) is 2.80. The summed E-state index contributed by atoms with van der Waals surface area (Å²) in [5, 5.41) is 24.0. The minimum Gasteiger partial charge on any atom is -0.476 e. The third-order valence-electron chi connectivity index (χ3n) is 4.57. The lowest BCUT2D eigenvalue weighted by atomic mass is 10.1. The van der Waals surface area contributed by atoms with Crippen molar-refractivity contribution in [1.29, 1.82) is 5.26 Å². The predicted molar refractivity (Wildman–Crippen MR) is 116 cm³/mol. The maximum atomic E-state index is 12.9. The van der Waals surface area contributed by atoms with E-state index in [1.807, 2.05) is 19.9 Å². The van der Waals surface area contributed by atoms with Gasteiger partial charge in [-0.2, -0.15) is 15.0 Å². The molecule has 8 heteroatoms. The molecule has 0 aliphatic heterocycles. The minimum atomic E-state index is -1.36. The first-order chi connectivity index (χ1) is 14.2. The van der Waals surface area contributed by atoms with Crippen molar-refractivity contribution in [2.45, 2.75) is 13.8 Å². The Morgan fingerprint density at radius 2 is 1.83 bits per heavy atom. The lowest BCUT2D eigenvalue weighted by Gasteiger charge is -2.11. The van der Waals surface area contributed by atoms with Gasteiger partial charge in [0.2, 0.25) is 0 Å². The van der Waals surface area contributed by atoms with Crippen molar-refractivity contribution in [3.63, 3.8) is 0 Å². The molecule has 150 valence electrons. The zero-order chi connectivity index (χ0) is 22.0. The van der Waals surface area contributed by atoms with Crippen LogP contribution in [0.2, 0.25) is 10.0 Å². The third kappa shape index (κ3) is 4.13. The van der Waals surface area contributed by atoms with Crippen LogP contribution in [0.15, 0.2) is 41.2 Å². The van der Waals surface area contributed by atoms with Crippen LogP contribution in [0.25, 0.3) is 17.8 Å². The summed E-state index contributed by atoms with van der Waals surface area (Å²) in [5.74, 6) is -1.36. The Bertz CT molecular complexity index is 1300. The second-order valence-corrected chi connectivity index (χ2v) is 7.36. The molecule has 0 radical (unpaired) electrons. The van der Waals surface area contributed by atoms with Gasteiger partial charge >= 0.3 is 5.97 Å². The highest BCUT2D eigenvalue weighted by Crippen LogP contribution is 2.24. The predicted octanol–water partition coefficient (Wildman–Crippen LogP) is 4.90. The van der Waals surface area contributed by atoms with Crippen molar-refractivity contribution >= 4 is 41.3 Å². The van der Waals surface area contributed by atoms with E-state index in [2.05, 4.69) is 5.10 Å². The maximum absolute atomic E-state index is 12.9. The Hall–Kier alpha value is -3.40. The molecule has 1 heterocycles. The quantitative estimate of drug-likeness (QED) is 0.623. The number of benzene rings is 2. The fraction of sp³-hybridized carbons (Fsp3) is 0.0909. The van der Waals surface area contributed by atoms with Crippen LogP contribution in [0.4, 0.5) is 0 Å². The van der Waals surface area contributed by atoms with E-state index in [1.165, 1.54) is 12.2 Å². The van der Waals surface area contributed by atoms with E-state index in [4.69, 9.17) is 23.2 Å². The first-order valence-corrected chi connectivity index (χ1v) is 9.50. The normalized spacial score (nSPS) is 10.9. The van der Waals surface area contributed by atoms with Gasteiger partial charge in [-0.05, 0) is 54.8 Å². The van der Waals surface area contributed by atoms with E-state index in [1.54, 1.807) is 36.4 Å². The monoisotopic (exact) mass is 439 g/mol. The van der Waals surface area contributed by atoms with E-state index in [0.29, 0.717) is 21.3 Å². The summed E-state index contributed by atoms with van der Waals surface area (Å²) >= 11 is 11.9. The molecule has 0 saturated carbocycles. The van der Waals surface area contributed by atoms with E-state index in [-0.39, 0.29) is 11.1 Å². The number of hydrogen-bond acceptors (Lipinski definition) is 4. The van der Waals surface area contributed by atoms with Crippen LogP contribution in [-0.4, -0.2) is 20.9 Å². The SMILES string of the molecule is Cc1ccc(-n2nc(C(=O)O)c(C=Cc3ccc(Cl)c(Cl)c3)c(C#N)c2=O)cc1C. The third-order valence-corrected chi connectivity index (χ3v) is 5.31. The molecule has 0 saturated heterocycles. The Balaban J connectivity index is 2.22. The molecule has 1 N–H and O–H groups in total. The van der Waals surface area contributed by atoms with Crippen LogP contribution in [-0.2, 0) is 0 Å². The Kier molecular flexibility index (Phi) is 6.06. The maximum Gasteiger partial charge on any atom is 0.357 e. The zero-order valence-corrected chi connectivity index (χ0v) is 17.5. The summed E-state index contributed by atoms with van der Waals surface area (Å²) in [5.41, 5.74) is 1.37. The smallest absolute Gasteiger partial charge is 0.357 e. The second kappa shape index (κ2) is 8.54. The van der Waals surface area contributed by atoms with Gasteiger partial charge in [0.15, 0.2) is 5.69 Å². The highest BCUT2D eigenvalue weighted by molar-refractivity contribution is 6.42. The van der Waals surface area contributed by atoms with E-state index < -0.39 is 17.2 Å². The Morgan fingerprint density at radius 3 is 2.43 bits per heavy atom. The molecule has 0 aliphatic carbocycles. The number of halogens is 2. The number of aromatic carboxylic acids is 1. The molecule has 0 spiro atoms. The van der Waals surface area contributed by atoms with Crippen LogP contribution < -0.4 is 5.56 Å².